The normalized spacial score (nSPS) is 15.2. The Labute approximate surface area is 218 Å². The van der Waals surface area contributed by atoms with E-state index in [0.29, 0.717) is 18.9 Å². The van der Waals surface area contributed by atoms with Crippen LogP contribution < -0.4 is 9.47 Å². The third-order valence-electron chi connectivity index (χ3n) is 6.80. The van der Waals surface area contributed by atoms with Crippen molar-refractivity contribution < 1.29 is 30.8 Å². The summed E-state index contributed by atoms with van der Waals surface area (Å²) in [6.45, 7) is 4.67. The maximum atomic E-state index is 13.2. The second-order valence-corrected chi connectivity index (χ2v) is 9.92. The summed E-state index contributed by atoms with van der Waals surface area (Å²) >= 11 is 0.738. The van der Waals surface area contributed by atoms with Crippen LogP contribution in [0.15, 0.2) is 71.6 Å². The fraction of sp³-hybridized carbons (Fsp3) is 0.345. The molecule has 0 radical (unpaired) electrons. The Bertz CT molecular complexity index is 1160. The summed E-state index contributed by atoms with van der Waals surface area (Å²) in [5.74, 6) is 2.22. The number of aliphatic hydroxyl groups is 1. The maximum absolute atomic E-state index is 13.2. The van der Waals surface area contributed by atoms with Gasteiger partial charge in [-0.2, -0.15) is 0 Å². The van der Waals surface area contributed by atoms with E-state index in [1.54, 1.807) is 0 Å². The van der Waals surface area contributed by atoms with Gasteiger partial charge in [0.2, 0.25) is 6.79 Å². The Morgan fingerprint density at radius 2 is 1.75 bits per heavy atom. The number of rotatable bonds is 8. The predicted molar refractivity (Wildman–Crippen MR) is 145 cm³/mol. The Morgan fingerprint density at radius 1 is 1.03 bits per heavy atom. The van der Waals surface area contributed by atoms with Gasteiger partial charge >= 0.3 is 0 Å². The molecule has 0 saturated heterocycles. The number of ether oxygens (including phenoxy) is 2. The lowest BCUT2D eigenvalue weighted by Crippen LogP contribution is -2.22. The van der Waals surface area contributed by atoms with Crippen molar-refractivity contribution in [2.45, 2.75) is 49.8 Å². The summed E-state index contributed by atoms with van der Waals surface area (Å²) in [6, 6.07) is 21.7. The van der Waals surface area contributed by atoms with Crippen molar-refractivity contribution in [2.24, 2.45) is 5.92 Å². The van der Waals surface area contributed by atoms with Gasteiger partial charge in [0.05, 0.1) is 5.41 Å². The second kappa shape index (κ2) is 12.4. The first-order valence-electron chi connectivity index (χ1n) is 12.0. The Morgan fingerprint density at radius 3 is 2.36 bits per heavy atom. The number of fused-ring (bicyclic) bond motifs is 1. The molecule has 0 spiro atoms. The summed E-state index contributed by atoms with van der Waals surface area (Å²) in [4.78, 5) is 14.0. The lowest BCUT2D eigenvalue weighted by atomic mass is 9.87. The van der Waals surface area contributed by atoms with E-state index >= 15 is 0 Å². The molecule has 36 heavy (non-hydrogen) atoms. The van der Waals surface area contributed by atoms with Gasteiger partial charge in [-0.3, -0.25) is 4.79 Å². The number of ketones is 1. The fourth-order valence-corrected chi connectivity index (χ4v) is 4.36. The van der Waals surface area contributed by atoms with Crippen molar-refractivity contribution in [1.82, 2.24) is 0 Å². The lowest BCUT2D eigenvalue weighted by Gasteiger charge is -2.15. The molecular formula is C29H36O6S. The van der Waals surface area contributed by atoms with E-state index in [0.717, 1.165) is 70.0 Å². The van der Waals surface area contributed by atoms with Crippen molar-refractivity contribution in [2.75, 3.05) is 13.4 Å². The quantitative estimate of drug-likeness (QED) is 0.362. The molecule has 1 aliphatic heterocycles. The molecule has 5 rings (SSSR count). The van der Waals surface area contributed by atoms with Crippen LogP contribution >= 0.6 is 12.0 Å². The summed E-state index contributed by atoms with van der Waals surface area (Å²) in [5, 5.41) is 8.33. The average molecular weight is 513 g/mol. The van der Waals surface area contributed by atoms with Crippen LogP contribution in [-0.4, -0.2) is 34.3 Å². The van der Waals surface area contributed by atoms with Crippen molar-refractivity contribution in [1.29, 1.82) is 0 Å². The molecule has 3 aromatic rings. The number of hydrogen-bond acceptors (Lipinski definition) is 6. The van der Waals surface area contributed by atoms with Crippen LogP contribution in [0, 0.1) is 5.92 Å². The zero-order valence-electron chi connectivity index (χ0n) is 20.7. The lowest BCUT2D eigenvalue weighted by molar-refractivity contribution is -0.120. The van der Waals surface area contributed by atoms with E-state index in [2.05, 4.69) is 13.0 Å². The zero-order valence-corrected chi connectivity index (χ0v) is 21.5. The minimum absolute atomic E-state index is 0. The maximum Gasteiger partial charge on any atom is 0.231 e. The number of hydrogen-bond donors (Lipinski definition) is 2. The molecule has 1 saturated carbocycles. The first kappa shape index (κ1) is 27.7. The summed E-state index contributed by atoms with van der Waals surface area (Å²) < 4.78 is 20.0. The first-order chi connectivity index (χ1) is 17.0. The molecule has 194 valence electrons. The average Bonchev–Trinajstić information content (AvgIpc) is 3.59. The zero-order chi connectivity index (χ0) is 24.8. The molecule has 2 aliphatic rings. The molecule has 0 aromatic heterocycles. The largest absolute Gasteiger partial charge is 0.454 e. The molecular weight excluding hydrogens is 476 g/mol. The van der Waals surface area contributed by atoms with E-state index < -0.39 is 5.41 Å². The smallest absolute Gasteiger partial charge is 0.231 e. The summed E-state index contributed by atoms with van der Waals surface area (Å²) in [7, 11) is 0. The van der Waals surface area contributed by atoms with E-state index in [1.807, 2.05) is 67.6 Å². The molecule has 0 amide bonds. The SMILES string of the molecule is CC[C@@H](C)CO.O.O=C(Cc1cccc(-c2ccc(SO)cc2)c1)C1(c2ccc3c(c2)OCO3)CC1.[HH]. The van der Waals surface area contributed by atoms with Gasteiger partial charge < -0.3 is 24.6 Å². The third-order valence-corrected chi connectivity index (χ3v) is 7.29. The van der Waals surface area contributed by atoms with Crippen LogP contribution in [0.4, 0.5) is 0 Å². The standard InChI is InChI=1S/C24H20O4S.C5H12O.H2O.H2/c25-23(24(10-11-24)19-6-9-21-22(14-19)28-15-27-21)13-16-2-1-3-18(12-16)17-4-7-20(29-26)8-5-17;1-3-5(2)4-6;;/h1-9,12,14,26H,10-11,13,15H2;5-6H,3-4H2,1-2H3;1H2;1H/t;5-;;/m.1../s1. The molecule has 1 heterocycles. The summed E-state index contributed by atoms with van der Waals surface area (Å²) in [5.41, 5.74) is 3.78. The number of benzene rings is 3. The molecule has 0 bridgehead atoms. The van der Waals surface area contributed by atoms with Gasteiger partial charge in [-0.25, -0.2) is 0 Å². The predicted octanol–water partition coefficient (Wildman–Crippen LogP) is 5.94. The topological polar surface area (TPSA) is 107 Å². The fourth-order valence-electron chi connectivity index (χ4n) is 4.10. The van der Waals surface area contributed by atoms with Crippen molar-refractivity contribution in [3.8, 4) is 22.6 Å². The van der Waals surface area contributed by atoms with Crippen LogP contribution in [0.25, 0.3) is 11.1 Å². The van der Waals surface area contributed by atoms with Crippen LogP contribution in [0.2, 0.25) is 0 Å². The Balaban J connectivity index is 0.000000543. The molecule has 7 heteroatoms. The van der Waals surface area contributed by atoms with Crippen LogP contribution in [0.3, 0.4) is 0 Å². The van der Waals surface area contributed by atoms with Crippen LogP contribution in [0.5, 0.6) is 11.5 Å². The number of aliphatic hydroxyl groups excluding tert-OH is 1. The van der Waals surface area contributed by atoms with Gasteiger partial charge in [0.15, 0.2) is 11.5 Å². The van der Waals surface area contributed by atoms with E-state index in [4.69, 9.17) is 19.1 Å². The van der Waals surface area contributed by atoms with Crippen LogP contribution in [0.1, 0.15) is 45.7 Å². The summed E-state index contributed by atoms with van der Waals surface area (Å²) in [6.07, 6.45) is 3.25. The van der Waals surface area contributed by atoms with E-state index in [1.165, 1.54) is 0 Å². The molecule has 3 aromatic carbocycles. The highest BCUT2D eigenvalue weighted by molar-refractivity contribution is 7.93. The first-order valence-corrected chi connectivity index (χ1v) is 12.8. The Kier molecular flexibility index (Phi) is 9.56. The molecule has 6 nitrogen and oxygen atoms in total. The van der Waals surface area contributed by atoms with Gasteiger partial charge in [-0.05, 0) is 65.3 Å². The molecule has 1 aliphatic carbocycles. The van der Waals surface area contributed by atoms with Gasteiger partial charge in [0, 0.05) is 31.4 Å². The highest BCUT2D eigenvalue weighted by Crippen LogP contribution is 2.51. The van der Waals surface area contributed by atoms with Crippen molar-refractivity contribution in [3.63, 3.8) is 0 Å². The van der Waals surface area contributed by atoms with Gasteiger partial charge in [0.1, 0.15) is 5.78 Å². The molecule has 0 unspecified atom stereocenters. The van der Waals surface area contributed by atoms with E-state index in [9.17, 15) is 4.79 Å². The number of carbonyl (C=O) groups is 1. The highest BCUT2D eigenvalue weighted by Gasteiger charge is 2.50. The monoisotopic (exact) mass is 512 g/mol. The third kappa shape index (κ3) is 6.28. The van der Waals surface area contributed by atoms with Gasteiger partial charge in [-0.15, -0.1) is 0 Å². The molecule has 1 atom stereocenters. The van der Waals surface area contributed by atoms with Crippen molar-refractivity contribution in [3.05, 3.63) is 77.9 Å². The number of Topliss-reactive ketones (excluding diaryl/α,β-unsaturated/α-hetero) is 1. The molecule has 4 N–H and O–H groups in total. The van der Waals surface area contributed by atoms with Crippen molar-refractivity contribution >= 4 is 17.8 Å². The Hall–Kier alpha value is -2.84. The minimum atomic E-state index is -0.392. The van der Waals surface area contributed by atoms with Gasteiger partial charge in [-0.1, -0.05) is 62.7 Å². The second-order valence-electron chi connectivity index (χ2n) is 9.26. The van der Waals surface area contributed by atoms with E-state index in [-0.39, 0.29) is 19.5 Å². The number of carbonyl (C=O) groups excluding carboxylic acids is 1. The van der Waals surface area contributed by atoms with Crippen LogP contribution in [-0.2, 0) is 16.6 Å². The highest BCUT2D eigenvalue weighted by atomic mass is 32.2. The molecule has 1 fully saturated rings. The van der Waals surface area contributed by atoms with Gasteiger partial charge in [0.25, 0.3) is 0 Å². The minimum Gasteiger partial charge on any atom is -0.454 e.